The molecule has 0 unspecified atom stereocenters. The molecule has 39 heavy (non-hydrogen) atoms. The predicted octanol–water partition coefficient (Wildman–Crippen LogP) is 2.62. The van der Waals surface area contributed by atoms with Crippen LogP contribution in [0.25, 0.3) is 5.82 Å². The molecule has 1 aliphatic rings. The largest absolute Gasteiger partial charge is 0.484 e. The summed E-state index contributed by atoms with van der Waals surface area (Å²) in [7, 11) is -3.65. The highest BCUT2D eigenvalue weighted by Gasteiger charge is 2.33. The number of pyridine rings is 1. The van der Waals surface area contributed by atoms with Crippen LogP contribution in [0, 0.1) is 5.82 Å². The molecule has 0 saturated heterocycles. The zero-order valence-corrected chi connectivity index (χ0v) is 21.3. The molecule has 0 aliphatic carbocycles. The lowest BCUT2D eigenvalue weighted by molar-refractivity contribution is -0.153. The number of carbonyl (C=O) groups excluding carboxylic acids is 2. The van der Waals surface area contributed by atoms with Crippen molar-refractivity contribution in [2.45, 2.75) is 31.5 Å². The lowest BCUT2D eigenvalue weighted by atomic mass is 9.96. The number of rotatable bonds is 9. The number of sulfone groups is 1. The zero-order valence-electron chi connectivity index (χ0n) is 20.5. The minimum Gasteiger partial charge on any atom is -0.484 e. The van der Waals surface area contributed by atoms with E-state index in [-0.39, 0.29) is 35.8 Å². The second-order valence-corrected chi connectivity index (χ2v) is 11.1. The number of nitrogens with one attached hydrogen (secondary N) is 2. The summed E-state index contributed by atoms with van der Waals surface area (Å²) in [5.74, 6) is -3.03. The van der Waals surface area contributed by atoms with Crippen molar-refractivity contribution in [3.8, 4) is 11.6 Å². The van der Waals surface area contributed by atoms with Gasteiger partial charge in [-0.25, -0.2) is 17.8 Å². The average molecular weight is 570 g/mol. The Labute approximate surface area is 220 Å². The van der Waals surface area contributed by atoms with Crippen molar-refractivity contribution < 1.29 is 40.3 Å². The molecule has 10 nitrogen and oxygen atoms in total. The Morgan fingerprint density at radius 1 is 1.26 bits per heavy atom. The quantitative estimate of drug-likeness (QED) is 0.379. The number of benzene rings is 1. The van der Waals surface area contributed by atoms with Crippen molar-refractivity contribution in [1.29, 1.82) is 0 Å². The molecule has 1 aromatic carbocycles. The van der Waals surface area contributed by atoms with E-state index in [1.54, 1.807) is 18.2 Å². The molecule has 0 saturated carbocycles. The number of fused-ring (bicyclic) bond motifs is 1. The topological polar surface area (TPSA) is 132 Å². The lowest BCUT2D eigenvalue weighted by Crippen LogP contribution is -2.41. The molecule has 0 fully saturated rings. The third-order valence-corrected chi connectivity index (χ3v) is 6.38. The third kappa shape index (κ3) is 7.52. The molecule has 2 N–H and O–H groups in total. The van der Waals surface area contributed by atoms with Crippen molar-refractivity contribution in [3.63, 3.8) is 0 Å². The number of amides is 2. The number of aromatic nitrogens is 3. The van der Waals surface area contributed by atoms with Crippen molar-refractivity contribution in [2.75, 3.05) is 23.9 Å². The highest BCUT2D eigenvalue weighted by atomic mass is 32.2. The van der Waals surface area contributed by atoms with Crippen molar-refractivity contribution in [3.05, 3.63) is 65.2 Å². The summed E-state index contributed by atoms with van der Waals surface area (Å²) in [6, 6.07) is 7.76. The number of hydrogen-bond donors (Lipinski definition) is 2. The SMILES string of the molecule is CS(=O)(=O)CC(=O)Nc1c2c(nn1-c1ccccn1)C[C@H](CCc1cc(F)cc(OCC(F)(F)F)c1)NC2=O. The number of hydrogen-bond acceptors (Lipinski definition) is 7. The molecule has 0 bridgehead atoms. The first-order chi connectivity index (χ1) is 18.3. The van der Waals surface area contributed by atoms with E-state index in [0.717, 1.165) is 12.3 Å². The van der Waals surface area contributed by atoms with Gasteiger partial charge in [0.05, 0.1) is 5.69 Å². The van der Waals surface area contributed by atoms with Crippen molar-refractivity contribution in [1.82, 2.24) is 20.1 Å². The molecule has 1 aliphatic heterocycles. The summed E-state index contributed by atoms with van der Waals surface area (Å²) >= 11 is 0. The third-order valence-electron chi connectivity index (χ3n) is 5.59. The summed E-state index contributed by atoms with van der Waals surface area (Å²) in [5, 5.41) is 9.69. The van der Waals surface area contributed by atoms with Gasteiger partial charge in [0.1, 0.15) is 22.9 Å². The molecule has 15 heteroatoms. The number of ether oxygens (including phenoxy) is 1. The van der Waals surface area contributed by atoms with E-state index >= 15 is 0 Å². The zero-order chi connectivity index (χ0) is 28.4. The highest BCUT2D eigenvalue weighted by Crippen LogP contribution is 2.29. The molecule has 0 radical (unpaired) electrons. The van der Waals surface area contributed by atoms with Gasteiger partial charge in [0.2, 0.25) is 5.91 Å². The van der Waals surface area contributed by atoms with Crippen LogP contribution in [0.3, 0.4) is 0 Å². The van der Waals surface area contributed by atoms with E-state index in [0.29, 0.717) is 17.7 Å². The number of alkyl halides is 3. The van der Waals surface area contributed by atoms with Gasteiger partial charge in [0.25, 0.3) is 5.91 Å². The Hall–Kier alpha value is -4.01. The highest BCUT2D eigenvalue weighted by molar-refractivity contribution is 7.91. The predicted molar refractivity (Wildman–Crippen MR) is 131 cm³/mol. The van der Waals surface area contributed by atoms with Crippen molar-refractivity contribution >= 4 is 27.5 Å². The molecule has 208 valence electrons. The van der Waals surface area contributed by atoms with Gasteiger partial charge in [-0.15, -0.1) is 0 Å². The summed E-state index contributed by atoms with van der Waals surface area (Å²) < 4.78 is 80.4. The van der Waals surface area contributed by atoms with Crippen LogP contribution in [0.2, 0.25) is 0 Å². The van der Waals surface area contributed by atoms with Gasteiger partial charge in [-0.2, -0.15) is 23.0 Å². The average Bonchev–Trinajstić information content (AvgIpc) is 3.18. The van der Waals surface area contributed by atoms with Crippen LogP contribution in [0.4, 0.5) is 23.4 Å². The minimum absolute atomic E-state index is 0.0371. The summed E-state index contributed by atoms with van der Waals surface area (Å²) in [4.78, 5) is 29.7. The summed E-state index contributed by atoms with van der Waals surface area (Å²) in [6.45, 7) is -1.56. The van der Waals surface area contributed by atoms with Gasteiger partial charge >= 0.3 is 6.18 Å². The Kier molecular flexibility index (Phi) is 7.90. The van der Waals surface area contributed by atoms with Gasteiger partial charge in [-0.3, -0.25) is 9.59 Å². The fourth-order valence-corrected chi connectivity index (χ4v) is 4.63. The Morgan fingerprint density at radius 2 is 2.03 bits per heavy atom. The normalized spacial score (nSPS) is 15.4. The molecular weight excluding hydrogens is 546 g/mol. The first-order valence-electron chi connectivity index (χ1n) is 11.6. The van der Waals surface area contributed by atoms with Gasteiger partial charge < -0.3 is 15.4 Å². The monoisotopic (exact) mass is 569 g/mol. The second-order valence-electron chi connectivity index (χ2n) is 9.00. The fourth-order valence-electron chi connectivity index (χ4n) is 4.08. The van der Waals surface area contributed by atoms with Crippen molar-refractivity contribution in [2.24, 2.45) is 0 Å². The van der Waals surface area contributed by atoms with Gasteiger partial charge in [0, 0.05) is 31.0 Å². The number of halogens is 4. The van der Waals surface area contributed by atoms with Gasteiger partial charge in [-0.05, 0) is 42.7 Å². The molecule has 1 atom stereocenters. The minimum atomic E-state index is -4.57. The second kappa shape index (κ2) is 11.0. The van der Waals surface area contributed by atoms with E-state index < -0.39 is 52.0 Å². The van der Waals surface area contributed by atoms with Crippen LogP contribution < -0.4 is 15.4 Å². The number of nitrogens with zero attached hydrogens (tertiary/aromatic N) is 3. The van der Waals surface area contributed by atoms with Crippen LogP contribution in [0.5, 0.6) is 5.75 Å². The van der Waals surface area contributed by atoms with Gasteiger partial charge in [-0.1, -0.05) is 6.07 Å². The summed E-state index contributed by atoms with van der Waals surface area (Å²) in [5.41, 5.74) is 0.741. The maximum Gasteiger partial charge on any atom is 0.422 e. The maximum absolute atomic E-state index is 14.0. The summed E-state index contributed by atoms with van der Waals surface area (Å²) in [6.07, 6.45) is -1.48. The Balaban J connectivity index is 1.54. The van der Waals surface area contributed by atoms with Crippen LogP contribution >= 0.6 is 0 Å². The van der Waals surface area contributed by atoms with E-state index in [2.05, 4.69) is 25.5 Å². The van der Waals surface area contributed by atoms with E-state index in [4.69, 9.17) is 0 Å². The molecule has 2 aromatic heterocycles. The van der Waals surface area contributed by atoms with Crippen LogP contribution in [-0.2, 0) is 27.5 Å². The van der Waals surface area contributed by atoms with Crippen LogP contribution in [0.15, 0.2) is 42.6 Å². The maximum atomic E-state index is 14.0. The number of carbonyl (C=O) groups is 2. The molecule has 3 aromatic rings. The van der Waals surface area contributed by atoms with E-state index in [9.17, 15) is 35.6 Å². The van der Waals surface area contributed by atoms with Crippen LogP contribution in [0.1, 0.15) is 28.0 Å². The standard InChI is InChI=1S/C24H23F4N5O5S/c1-39(36,37)12-20(34)31-22-21-18(32-33(22)19-4-2-3-7-29-19)11-16(30-23(21)35)6-5-14-8-15(25)10-17(9-14)38-13-24(26,27)28/h2-4,7-10,16H,5-6,11-13H2,1H3,(H,30,35)(H,31,34)/t16-/m0/s1. The molecular formula is C24H23F4N5O5S. The molecule has 0 spiro atoms. The molecule has 4 rings (SSSR count). The first kappa shape index (κ1) is 28.0. The molecule has 2 amide bonds. The lowest BCUT2D eigenvalue weighted by Gasteiger charge is -2.23. The molecule has 3 heterocycles. The Bertz CT molecular complexity index is 1490. The first-order valence-corrected chi connectivity index (χ1v) is 13.6. The smallest absolute Gasteiger partial charge is 0.422 e. The Morgan fingerprint density at radius 3 is 2.69 bits per heavy atom. The number of aryl methyl sites for hydroxylation is 1. The van der Waals surface area contributed by atoms with E-state index in [1.807, 2.05) is 0 Å². The fraction of sp³-hybridized carbons (Fsp3) is 0.333. The van der Waals surface area contributed by atoms with Crippen LogP contribution in [-0.4, -0.2) is 65.8 Å². The van der Waals surface area contributed by atoms with Gasteiger partial charge in [0.15, 0.2) is 28.1 Å². The van der Waals surface area contributed by atoms with E-state index in [1.165, 1.54) is 23.0 Å². The number of anilines is 1.